The molecule has 3 aromatic carbocycles. The Hall–Kier alpha value is -6.15. The molecule has 0 unspecified atom stereocenters. The molecule has 1 fully saturated rings. The highest BCUT2D eigenvalue weighted by Crippen LogP contribution is 2.36. The molecule has 0 saturated carbocycles. The van der Waals surface area contributed by atoms with E-state index in [2.05, 4.69) is 99.7 Å². The number of hydrogen-bond donors (Lipinski definition) is 5. The quantitative estimate of drug-likeness (QED) is 0.0717. The van der Waals surface area contributed by atoms with Crippen LogP contribution in [0.25, 0.3) is 43.9 Å². The molecule has 2 amide bonds. The van der Waals surface area contributed by atoms with Crippen molar-refractivity contribution in [2.24, 2.45) is 5.73 Å². The lowest BCUT2D eigenvalue weighted by Gasteiger charge is -2.34. The molecule has 13 nitrogen and oxygen atoms in total. The predicted octanol–water partition coefficient (Wildman–Crippen LogP) is 8.10. The minimum absolute atomic E-state index is 0.0139. The number of nitrogens with zero attached hydrogens (tertiary/aromatic N) is 4. The second-order valence-electron chi connectivity index (χ2n) is 14.2. The summed E-state index contributed by atoms with van der Waals surface area (Å²) in [6.07, 6.45) is 11.3. The Morgan fingerprint density at radius 1 is 0.810 bits per heavy atom. The zero-order chi connectivity index (χ0) is 46.0. The van der Waals surface area contributed by atoms with E-state index in [9.17, 15) is 14.4 Å². The van der Waals surface area contributed by atoms with Gasteiger partial charge >= 0.3 is 5.97 Å². The van der Waals surface area contributed by atoms with E-state index in [0.29, 0.717) is 19.7 Å². The van der Waals surface area contributed by atoms with Gasteiger partial charge in [-0.05, 0) is 45.8 Å². The SMILES string of the molecule is CC.CC.CCC.NCC(=O)NCCO.O=C(O)CCC(=O)N1CCN(Cc2ccc(-c3c[nH]c4ccncc34)c(OCCc3ccc(-c4cccc5ccncc45)cc3)c2)CC1. The van der Waals surface area contributed by atoms with E-state index in [0.717, 1.165) is 70.3 Å². The average molecular weight is 862 g/mol. The molecule has 4 heterocycles. The minimum Gasteiger partial charge on any atom is -0.493 e. The van der Waals surface area contributed by atoms with Crippen molar-refractivity contribution in [1.82, 2.24) is 30.1 Å². The first-order valence-electron chi connectivity index (χ1n) is 22.1. The molecular weight excluding hydrogens is 795 g/mol. The van der Waals surface area contributed by atoms with Crippen LogP contribution in [0.15, 0.2) is 104 Å². The van der Waals surface area contributed by atoms with Crippen molar-refractivity contribution in [3.8, 4) is 28.0 Å². The van der Waals surface area contributed by atoms with Gasteiger partial charge in [-0.25, -0.2) is 0 Å². The minimum atomic E-state index is -0.944. The van der Waals surface area contributed by atoms with Gasteiger partial charge in [0.05, 0.1) is 26.2 Å². The molecule has 338 valence electrons. The van der Waals surface area contributed by atoms with Crippen molar-refractivity contribution in [3.63, 3.8) is 0 Å². The number of piperazine rings is 1. The Morgan fingerprint density at radius 2 is 1.48 bits per heavy atom. The van der Waals surface area contributed by atoms with E-state index in [4.69, 9.17) is 20.7 Å². The molecule has 1 saturated heterocycles. The Kier molecular flexibility index (Phi) is 23.1. The third-order valence-corrected chi connectivity index (χ3v) is 9.72. The number of aromatic nitrogens is 3. The summed E-state index contributed by atoms with van der Waals surface area (Å²) in [6.45, 7) is 16.4. The summed E-state index contributed by atoms with van der Waals surface area (Å²) in [7, 11) is 0. The number of rotatable bonds is 14. The number of hydrogen-bond acceptors (Lipinski definition) is 9. The van der Waals surface area contributed by atoms with Crippen molar-refractivity contribution in [1.29, 1.82) is 0 Å². The van der Waals surface area contributed by atoms with Crippen LogP contribution >= 0.6 is 0 Å². The summed E-state index contributed by atoms with van der Waals surface area (Å²) < 4.78 is 6.55. The lowest BCUT2D eigenvalue weighted by molar-refractivity contribution is -0.141. The normalized spacial score (nSPS) is 12.0. The number of carboxylic acid groups (broad SMARTS) is 1. The number of pyridine rings is 2. The monoisotopic (exact) mass is 862 g/mol. The zero-order valence-corrected chi connectivity index (χ0v) is 37.9. The number of aromatic amines is 1. The highest BCUT2D eigenvalue weighted by Gasteiger charge is 2.22. The van der Waals surface area contributed by atoms with E-state index in [1.807, 2.05) is 64.6 Å². The number of H-pyrrole nitrogens is 1. The topological polar surface area (TPSA) is 187 Å². The number of amides is 2. The van der Waals surface area contributed by atoms with Crippen molar-refractivity contribution < 1.29 is 29.3 Å². The standard InChI is InChI=1S/C39H37N5O4.C4H10N2O2.C3H8.2C2H6/c45-38(10-11-39(46)47)44-19-17-43(18-20-44)26-28-6-9-32(34-25-42-36-13-16-41-24-35(34)36)37(22-28)48-21-14-27-4-7-30(8-5-27)31-3-1-2-29-12-15-40-23-33(29)31;5-3-4(8)6-1-2-7;1-3-2;2*1-2/h1-9,12-13,15-16,22-25,42H,10-11,14,17-21,26H2,(H,46,47);7H,1-3,5H2,(H,6,8);3H2,1-2H3;2*1-2H3. The van der Waals surface area contributed by atoms with Crippen LogP contribution in [0.4, 0.5) is 0 Å². The van der Waals surface area contributed by atoms with Gasteiger partial charge in [0.25, 0.3) is 0 Å². The van der Waals surface area contributed by atoms with E-state index in [1.165, 1.54) is 22.9 Å². The van der Waals surface area contributed by atoms with Gasteiger partial charge < -0.3 is 35.9 Å². The molecule has 6 aromatic rings. The number of ether oxygens (including phenoxy) is 1. The first-order chi connectivity index (χ1) is 30.7. The van der Waals surface area contributed by atoms with E-state index in [1.54, 1.807) is 11.1 Å². The van der Waals surface area contributed by atoms with Crippen molar-refractivity contribution in [2.75, 3.05) is 52.5 Å². The number of fused-ring (bicyclic) bond motifs is 2. The zero-order valence-electron chi connectivity index (χ0n) is 37.9. The molecule has 0 spiro atoms. The third-order valence-electron chi connectivity index (χ3n) is 9.72. The largest absolute Gasteiger partial charge is 0.493 e. The van der Waals surface area contributed by atoms with Crippen LogP contribution in [-0.4, -0.2) is 105 Å². The first-order valence-corrected chi connectivity index (χ1v) is 22.1. The maximum atomic E-state index is 12.4. The first kappa shape index (κ1) is 51.2. The molecule has 13 heteroatoms. The van der Waals surface area contributed by atoms with Crippen molar-refractivity contribution in [3.05, 3.63) is 115 Å². The van der Waals surface area contributed by atoms with Crippen LogP contribution in [0, 0.1) is 0 Å². The van der Waals surface area contributed by atoms with Crippen LogP contribution in [0.3, 0.4) is 0 Å². The number of carbonyl (C=O) groups excluding carboxylic acids is 2. The summed E-state index contributed by atoms with van der Waals surface area (Å²) in [5.41, 5.74) is 12.6. The highest BCUT2D eigenvalue weighted by molar-refractivity contribution is 5.97. The summed E-state index contributed by atoms with van der Waals surface area (Å²) in [6, 6.07) is 25.4. The maximum absolute atomic E-state index is 12.4. The Balaban J connectivity index is 0.000000616. The van der Waals surface area contributed by atoms with E-state index < -0.39 is 5.97 Å². The molecule has 0 radical (unpaired) electrons. The average Bonchev–Trinajstić information content (AvgIpc) is 3.76. The highest BCUT2D eigenvalue weighted by atomic mass is 16.5. The number of carboxylic acids is 1. The van der Waals surface area contributed by atoms with Crippen LogP contribution in [0.1, 0.15) is 71.9 Å². The fourth-order valence-electron chi connectivity index (χ4n) is 6.74. The molecule has 3 aromatic heterocycles. The van der Waals surface area contributed by atoms with Gasteiger partial charge in [-0.1, -0.05) is 103 Å². The van der Waals surface area contributed by atoms with Crippen LogP contribution in [0.2, 0.25) is 0 Å². The lowest BCUT2D eigenvalue weighted by atomic mass is 9.98. The molecular formula is C50H67N7O6. The van der Waals surface area contributed by atoms with Crippen LogP contribution in [-0.2, 0) is 27.3 Å². The number of nitrogens with one attached hydrogen (secondary N) is 2. The molecule has 1 aliphatic rings. The van der Waals surface area contributed by atoms with Crippen LogP contribution < -0.4 is 15.8 Å². The Labute approximate surface area is 372 Å². The Morgan fingerprint density at radius 3 is 2.14 bits per heavy atom. The fraction of sp³-hybridized carbons (Fsp3) is 0.380. The van der Waals surface area contributed by atoms with Crippen molar-refractivity contribution in [2.45, 2.75) is 73.8 Å². The fourth-order valence-corrected chi connectivity index (χ4v) is 6.74. The second kappa shape index (κ2) is 28.5. The predicted molar refractivity (Wildman–Crippen MR) is 254 cm³/mol. The Bertz CT molecular complexity index is 2260. The van der Waals surface area contributed by atoms with Crippen LogP contribution in [0.5, 0.6) is 5.75 Å². The van der Waals surface area contributed by atoms with Crippen molar-refractivity contribution >= 4 is 39.5 Å². The summed E-state index contributed by atoms with van der Waals surface area (Å²) in [5, 5.41) is 22.8. The number of aliphatic carboxylic acids is 1. The van der Waals surface area contributed by atoms with Gasteiger partial charge in [-0.2, -0.15) is 0 Å². The number of aliphatic hydroxyl groups excluding tert-OH is 1. The number of benzene rings is 3. The van der Waals surface area contributed by atoms with E-state index >= 15 is 0 Å². The van der Waals surface area contributed by atoms with E-state index in [-0.39, 0.29) is 44.4 Å². The molecule has 0 bridgehead atoms. The van der Waals surface area contributed by atoms with Gasteiger partial charge in [0.2, 0.25) is 11.8 Å². The van der Waals surface area contributed by atoms with Gasteiger partial charge in [-0.3, -0.25) is 29.3 Å². The molecule has 7 rings (SSSR count). The molecule has 0 aliphatic carbocycles. The number of carbonyl (C=O) groups is 3. The summed E-state index contributed by atoms with van der Waals surface area (Å²) >= 11 is 0. The molecule has 6 N–H and O–H groups in total. The third kappa shape index (κ3) is 15.9. The van der Waals surface area contributed by atoms with Gasteiger partial charge in [0, 0.05) is 111 Å². The number of nitrogens with two attached hydrogens (primary N) is 1. The summed E-state index contributed by atoms with van der Waals surface area (Å²) in [5.74, 6) is -0.454. The number of aliphatic hydroxyl groups is 1. The van der Waals surface area contributed by atoms with Gasteiger partial charge in [-0.15, -0.1) is 0 Å². The maximum Gasteiger partial charge on any atom is 0.303 e. The molecule has 63 heavy (non-hydrogen) atoms. The molecule has 1 aliphatic heterocycles. The van der Waals surface area contributed by atoms with Gasteiger partial charge in [0.1, 0.15) is 5.75 Å². The lowest BCUT2D eigenvalue weighted by Crippen LogP contribution is -2.48. The van der Waals surface area contributed by atoms with Gasteiger partial charge in [0.15, 0.2) is 0 Å². The summed E-state index contributed by atoms with van der Waals surface area (Å²) in [4.78, 5) is 49.6. The molecule has 0 atom stereocenters. The second-order valence-corrected chi connectivity index (χ2v) is 14.2. The smallest absolute Gasteiger partial charge is 0.303 e.